The Hall–Kier alpha value is -2.56. The third-order valence-electron chi connectivity index (χ3n) is 4.17. The number of ether oxygens (including phenoxy) is 1. The van der Waals surface area contributed by atoms with E-state index in [2.05, 4.69) is 13.8 Å². The van der Waals surface area contributed by atoms with Crippen LogP contribution in [0.4, 0.5) is 0 Å². The zero-order valence-electron chi connectivity index (χ0n) is 15.9. The number of amides is 1. The largest absolute Gasteiger partial charge is 0.466 e. The van der Waals surface area contributed by atoms with Gasteiger partial charge in [-0.1, -0.05) is 13.8 Å². The quantitative estimate of drug-likeness (QED) is 0.640. The van der Waals surface area contributed by atoms with Crippen LogP contribution in [0.2, 0.25) is 0 Å². The average Bonchev–Trinajstić information content (AvgIpc) is 3.16. The van der Waals surface area contributed by atoms with E-state index in [4.69, 9.17) is 4.74 Å². The van der Waals surface area contributed by atoms with Gasteiger partial charge < -0.3 is 14.2 Å². The first kappa shape index (κ1) is 19.8. The summed E-state index contributed by atoms with van der Waals surface area (Å²) < 4.78 is 6.97. The van der Waals surface area contributed by atoms with Gasteiger partial charge in [-0.05, 0) is 55.7 Å². The molecule has 2 aromatic rings. The molecule has 1 aromatic heterocycles. The molecule has 1 heterocycles. The summed E-state index contributed by atoms with van der Waals surface area (Å²) in [5.41, 5.74) is 1.64. The molecule has 0 radical (unpaired) electrons. The molecule has 1 aromatic carbocycles. The van der Waals surface area contributed by atoms with Crippen LogP contribution >= 0.6 is 0 Å². The van der Waals surface area contributed by atoms with E-state index >= 15 is 0 Å². The highest BCUT2D eigenvalue weighted by molar-refractivity contribution is 5.94. The van der Waals surface area contributed by atoms with Gasteiger partial charge in [0.2, 0.25) is 0 Å². The Kier molecular flexibility index (Phi) is 7.45. The van der Waals surface area contributed by atoms with Gasteiger partial charge in [0.25, 0.3) is 5.91 Å². The summed E-state index contributed by atoms with van der Waals surface area (Å²) in [5.74, 6) is 0.177. The molecular weight excluding hydrogens is 328 g/mol. The van der Waals surface area contributed by atoms with Crippen LogP contribution in [0.3, 0.4) is 0 Å². The normalized spacial score (nSPS) is 10.8. The summed E-state index contributed by atoms with van der Waals surface area (Å²) in [6, 6.07) is 11.5. The Morgan fingerprint density at radius 3 is 2.31 bits per heavy atom. The number of aromatic nitrogens is 1. The molecule has 140 valence electrons. The Morgan fingerprint density at radius 2 is 1.73 bits per heavy atom. The lowest BCUT2D eigenvalue weighted by atomic mass is 10.1. The van der Waals surface area contributed by atoms with Gasteiger partial charge in [0, 0.05) is 36.7 Å². The van der Waals surface area contributed by atoms with Crippen LogP contribution in [-0.4, -0.2) is 41.0 Å². The second kappa shape index (κ2) is 9.80. The molecule has 0 atom stereocenters. The fourth-order valence-corrected chi connectivity index (χ4v) is 2.65. The van der Waals surface area contributed by atoms with Gasteiger partial charge in [0.15, 0.2) is 0 Å². The zero-order chi connectivity index (χ0) is 18.9. The molecule has 5 heteroatoms. The summed E-state index contributed by atoms with van der Waals surface area (Å²) >= 11 is 0. The summed E-state index contributed by atoms with van der Waals surface area (Å²) in [4.78, 5) is 26.3. The maximum absolute atomic E-state index is 12.9. The lowest BCUT2D eigenvalue weighted by molar-refractivity contribution is -0.143. The van der Waals surface area contributed by atoms with Gasteiger partial charge >= 0.3 is 5.97 Å². The van der Waals surface area contributed by atoms with Crippen LogP contribution in [0.15, 0.2) is 48.8 Å². The third kappa shape index (κ3) is 5.76. The average molecular weight is 356 g/mol. The first-order valence-corrected chi connectivity index (χ1v) is 9.19. The number of nitrogens with zero attached hydrogens (tertiary/aromatic N) is 2. The van der Waals surface area contributed by atoms with E-state index < -0.39 is 0 Å². The predicted molar refractivity (Wildman–Crippen MR) is 102 cm³/mol. The monoisotopic (exact) mass is 356 g/mol. The highest BCUT2D eigenvalue weighted by Crippen LogP contribution is 2.13. The molecule has 0 aliphatic heterocycles. The van der Waals surface area contributed by atoms with Crippen molar-refractivity contribution in [2.45, 2.75) is 33.6 Å². The van der Waals surface area contributed by atoms with Crippen molar-refractivity contribution in [1.29, 1.82) is 0 Å². The van der Waals surface area contributed by atoms with E-state index in [0.29, 0.717) is 31.2 Å². The summed E-state index contributed by atoms with van der Waals surface area (Å²) in [5, 5.41) is 0. The Labute approximate surface area is 155 Å². The number of hydrogen-bond donors (Lipinski definition) is 0. The number of benzene rings is 1. The van der Waals surface area contributed by atoms with Crippen molar-refractivity contribution >= 4 is 11.9 Å². The van der Waals surface area contributed by atoms with Crippen molar-refractivity contribution < 1.29 is 14.3 Å². The molecule has 1 amide bonds. The summed E-state index contributed by atoms with van der Waals surface area (Å²) in [7, 11) is 0. The van der Waals surface area contributed by atoms with Gasteiger partial charge in [-0.3, -0.25) is 9.59 Å². The molecule has 26 heavy (non-hydrogen) atoms. The van der Waals surface area contributed by atoms with E-state index in [-0.39, 0.29) is 18.3 Å². The lowest BCUT2D eigenvalue weighted by Gasteiger charge is -2.23. The minimum Gasteiger partial charge on any atom is -0.466 e. The molecular formula is C21H28N2O3. The number of esters is 1. The molecule has 5 nitrogen and oxygen atoms in total. The number of rotatable bonds is 9. The van der Waals surface area contributed by atoms with E-state index in [9.17, 15) is 9.59 Å². The van der Waals surface area contributed by atoms with Crippen LogP contribution in [0.1, 0.15) is 44.0 Å². The van der Waals surface area contributed by atoms with Crippen molar-refractivity contribution in [2.24, 2.45) is 5.92 Å². The molecule has 0 unspecified atom stereocenters. The predicted octanol–water partition coefficient (Wildman–Crippen LogP) is 3.92. The van der Waals surface area contributed by atoms with Gasteiger partial charge in [-0.25, -0.2) is 0 Å². The lowest BCUT2D eigenvalue weighted by Crippen LogP contribution is -2.34. The molecule has 0 spiro atoms. The zero-order valence-corrected chi connectivity index (χ0v) is 15.9. The molecule has 0 aliphatic rings. The number of carbonyl (C=O) groups is 2. The van der Waals surface area contributed by atoms with Crippen LogP contribution in [0.5, 0.6) is 0 Å². The standard InChI is InChI=1S/C21H28N2O3/c1-4-26-20(24)12-16-23(15-11-17(2)3)21(25)18-7-9-19(10-8-18)22-13-5-6-14-22/h5-10,13-14,17H,4,11-12,15-16H2,1-3H3. The van der Waals surface area contributed by atoms with Crippen LogP contribution in [-0.2, 0) is 9.53 Å². The molecule has 0 fully saturated rings. The Bertz CT molecular complexity index is 691. The van der Waals surface area contributed by atoms with Crippen molar-refractivity contribution in [3.05, 3.63) is 54.4 Å². The van der Waals surface area contributed by atoms with Crippen LogP contribution < -0.4 is 0 Å². The SMILES string of the molecule is CCOC(=O)CCN(CCC(C)C)C(=O)c1ccc(-n2cccc2)cc1. The molecule has 0 bridgehead atoms. The maximum atomic E-state index is 12.9. The van der Waals surface area contributed by atoms with Gasteiger partial charge in [-0.15, -0.1) is 0 Å². The van der Waals surface area contributed by atoms with Crippen LogP contribution in [0, 0.1) is 5.92 Å². The molecule has 0 saturated heterocycles. The van der Waals surface area contributed by atoms with Gasteiger partial charge in [-0.2, -0.15) is 0 Å². The Balaban J connectivity index is 2.07. The van der Waals surface area contributed by atoms with Crippen molar-refractivity contribution in [3.63, 3.8) is 0 Å². The number of hydrogen-bond acceptors (Lipinski definition) is 3. The third-order valence-corrected chi connectivity index (χ3v) is 4.17. The molecule has 2 rings (SSSR count). The topological polar surface area (TPSA) is 51.5 Å². The van der Waals surface area contributed by atoms with Crippen molar-refractivity contribution in [1.82, 2.24) is 9.47 Å². The van der Waals surface area contributed by atoms with E-state index in [1.54, 1.807) is 11.8 Å². The second-order valence-corrected chi connectivity index (χ2v) is 6.67. The smallest absolute Gasteiger partial charge is 0.307 e. The van der Waals surface area contributed by atoms with E-state index in [0.717, 1.165) is 12.1 Å². The van der Waals surface area contributed by atoms with E-state index in [1.807, 2.05) is 53.4 Å². The minimum atomic E-state index is -0.266. The molecule has 0 aliphatic carbocycles. The number of carbonyl (C=O) groups excluding carboxylic acids is 2. The highest BCUT2D eigenvalue weighted by atomic mass is 16.5. The van der Waals surface area contributed by atoms with Crippen molar-refractivity contribution in [2.75, 3.05) is 19.7 Å². The van der Waals surface area contributed by atoms with Crippen molar-refractivity contribution in [3.8, 4) is 5.69 Å². The van der Waals surface area contributed by atoms with E-state index in [1.165, 1.54) is 0 Å². The molecule has 0 saturated carbocycles. The fourth-order valence-electron chi connectivity index (χ4n) is 2.65. The molecule has 0 N–H and O–H groups in total. The summed E-state index contributed by atoms with van der Waals surface area (Å²) in [6.45, 7) is 7.41. The van der Waals surface area contributed by atoms with Gasteiger partial charge in [0.05, 0.1) is 13.0 Å². The first-order valence-electron chi connectivity index (χ1n) is 9.19. The van der Waals surface area contributed by atoms with Crippen LogP contribution in [0.25, 0.3) is 5.69 Å². The maximum Gasteiger partial charge on any atom is 0.307 e. The fraction of sp³-hybridized carbons (Fsp3) is 0.429. The first-order chi connectivity index (χ1) is 12.5. The van der Waals surface area contributed by atoms with Gasteiger partial charge in [0.1, 0.15) is 0 Å². The highest BCUT2D eigenvalue weighted by Gasteiger charge is 2.17. The summed E-state index contributed by atoms with van der Waals surface area (Å²) in [6.07, 6.45) is 5.05. The Morgan fingerprint density at radius 1 is 1.08 bits per heavy atom. The minimum absolute atomic E-state index is 0.0472. The second-order valence-electron chi connectivity index (χ2n) is 6.67.